The normalized spacial score (nSPS) is 18.0. The van der Waals surface area contributed by atoms with Crippen LogP contribution >= 0.6 is 0 Å². The number of carbonyl (C=O) groups excluding carboxylic acids is 1. The van der Waals surface area contributed by atoms with Crippen molar-refractivity contribution in [1.82, 2.24) is 4.90 Å². The number of carboxylic acid groups (broad SMARTS) is 1. The van der Waals surface area contributed by atoms with E-state index in [0.29, 0.717) is 25.4 Å². The van der Waals surface area contributed by atoms with Crippen LogP contribution in [-0.2, 0) is 9.59 Å². The van der Waals surface area contributed by atoms with E-state index in [1.165, 1.54) is 19.3 Å². The minimum absolute atomic E-state index is 0.141. The van der Waals surface area contributed by atoms with Gasteiger partial charge < -0.3 is 10.0 Å². The summed E-state index contributed by atoms with van der Waals surface area (Å²) in [6.07, 6.45) is 7.55. The first-order chi connectivity index (χ1) is 9.04. The van der Waals surface area contributed by atoms with Crippen molar-refractivity contribution >= 4 is 11.9 Å². The lowest BCUT2D eigenvalue weighted by molar-refractivity contribution is -0.143. The number of carbonyl (C=O) groups is 2. The van der Waals surface area contributed by atoms with Gasteiger partial charge in [0, 0.05) is 19.5 Å². The highest BCUT2D eigenvalue weighted by molar-refractivity contribution is 5.77. The second-order valence-corrected chi connectivity index (χ2v) is 5.79. The number of carboxylic acids is 1. The molecule has 0 aromatic heterocycles. The van der Waals surface area contributed by atoms with E-state index in [2.05, 4.69) is 0 Å². The summed E-state index contributed by atoms with van der Waals surface area (Å²) in [7, 11) is 0. The van der Waals surface area contributed by atoms with Crippen LogP contribution in [0.15, 0.2) is 0 Å². The Bertz CT molecular complexity index is 298. The SMILES string of the molecule is CCCN(CC(C)C(=O)O)C(=O)CC1CCCCC1. The highest BCUT2D eigenvalue weighted by atomic mass is 16.4. The van der Waals surface area contributed by atoms with E-state index in [1.54, 1.807) is 11.8 Å². The molecule has 0 heterocycles. The molecule has 0 aliphatic heterocycles. The number of hydrogen-bond donors (Lipinski definition) is 1. The van der Waals surface area contributed by atoms with Crippen LogP contribution in [-0.4, -0.2) is 35.0 Å². The molecule has 1 rings (SSSR count). The van der Waals surface area contributed by atoms with Crippen molar-refractivity contribution in [2.45, 2.75) is 58.8 Å². The molecule has 0 spiro atoms. The highest BCUT2D eigenvalue weighted by Crippen LogP contribution is 2.27. The lowest BCUT2D eigenvalue weighted by atomic mass is 9.86. The molecule has 1 amide bonds. The maximum atomic E-state index is 12.3. The topological polar surface area (TPSA) is 57.6 Å². The second-order valence-electron chi connectivity index (χ2n) is 5.79. The Morgan fingerprint density at radius 2 is 1.89 bits per heavy atom. The molecule has 0 bridgehead atoms. The lowest BCUT2D eigenvalue weighted by Gasteiger charge is -2.27. The van der Waals surface area contributed by atoms with E-state index in [9.17, 15) is 9.59 Å². The van der Waals surface area contributed by atoms with Crippen LogP contribution < -0.4 is 0 Å². The molecule has 0 radical (unpaired) electrons. The third kappa shape index (κ3) is 5.62. The molecule has 110 valence electrons. The second kappa shape index (κ2) is 8.18. The van der Waals surface area contributed by atoms with Gasteiger partial charge in [0.25, 0.3) is 0 Å². The summed E-state index contributed by atoms with van der Waals surface area (Å²) in [5.41, 5.74) is 0. The van der Waals surface area contributed by atoms with Crippen LogP contribution in [0.4, 0.5) is 0 Å². The average Bonchev–Trinajstić information content (AvgIpc) is 2.39. The van der Waals surface area contributed by atoms with E-state index in [4.69, 9.17) is 5.11 Å². The van der Waals surface area contributed by atoms with E-state index in [-0.39, 0.29) is 5.91 Å². The van der Waals surface area contributed by atoms with Gasteiger partial charge in [-0.2, -0.15) is 0 Å². The number of aliphatic carboxylic acids is 1. The van der Waals surface area contributed by atoms with Crippen LogP contribution in [0.5, 0.6) is 0 Å². The Morgan fingerprint density at radius 3 is 2.42 bits per heavy atom. The minimum Gasteiger partial charge on any atom is -0.481 e. The van der Waals surface area contributed by atoms with Crippen molar-refractivity contribution in [3.8, 4) is 0 Å². The summed E-state index contributed by atoms with van der Waals surface area (Å²) >= 11 is 0. The Hall–Kier alpha value is -1.06. The van der Waals surface area contributed by atoms with Crippen molar-refractivity contribution in [3.05, 3.63) is 0 Å². The van der Waals surface area contributed by atoms with Gasteiger partial charge in [-0.05, 0) is 25.2 Å². The molecular weight excluding hydrogens is 242 g/mol. The maximum Gasteiger partial charge on any atom is 0.308 e. The van der Waals surface area contributed by atoms with Gasteiger partial charge in [-0.3, -0.25) is 9.59 Å². The van der Waals surface area contributed by atoms with Gasteiger partial charge in [-0.15, -0.1) is 0 Å². The molecule has 1 aliphatic carbocycles. The summed E-state index contributed by atoms with van der Waals surface area (Å²) in [4.78, 5) is 24.9. The molecular formula is C15H27NO3. The van der Waals surface area contributed by atoms with Gasteiger partial charge in [-0.25, -0.2) is 0 Å². The van der Waals surface area contributed by atoms with E-state index in [0.717, 1.165) is 19.3 Å². The molecule has 1 saturated carbocycles. The zero-order chi connectivity index (χ0) is 14.3. The van der Waals surface area contributed by atoms with Crippen molar-refractivity contribution in [1.29, 1.82) is 0 Å². The standard InChI is InChI=1S/C15H27NO3/c1-3-9-16(11-12(2)15(18)19)14(17)10-13-7-5-4-6-8-13/h12-13H,3-11H2,1-2H3,(H,18,19). The van der Waals surface area contributed by atoms with Crippen molar-refractivity contribution in [2.24, 2.45) is 11.8 Å². The van der Waals surface area contributed by atoms with E-state index >= 15 is 0 Å². The van der Waals surface area contributed by atoms with Gasteiger partial charge in [0.05, 0.1) is 5.92 Å². The molecule has 1 N–H and O–H groups in total. The van der Waals surface area contributed by atoms with Crippen molar-refractivity contribution in [3.63, 3.8) is 0 Å². The third-order valence-electron chi connectivity index (χ3n) is 3.95. The minimum atomic E-state index is -0.827. The zero-order valence-corrected chi connectivity index (χ0v) is 12.2. The smallest absolute Gasteiger partial charge is 0.308 e. The summed E-state index contributed by atoms with van der Waals surface area (Å²) in [5.74, 6) is -0.656. The molecule has 1 aliphatic rings. The Balaban J connectivity index is 2.48. The van der Waals surface area contributed by atoms with Gasteiger partial charge >= 0.3 is 5.97 Å². The Kier molecular flexibility index (Phi) is 6.89. The fourth-order valence-electron chi connectivity index (χ4n) is 2.76. The van der Waals surface area contributed by atoms with Gasteiger partial charge in [0.2, 0.25) is 5.91 Å². The first-order valence-corrected chi connectivity index (χ1v) is 7.55. The molecule has 19 heavy (non-hydrogen) atoms. The predicted molar refractivity (Wildman–Crippen MR) is 74.9 cm³/mol. The van der Waals surface area contributed by atoms with Crippen LogP contribution in [0.3, 0.4) is 0 Å². The van der Waals surface area contributed by atoms with E-state index in [1.807, 2.05) is 6.92 Å². The van der Waals surface area contributed by atoms with E-state index < -0.39 is 11.9 Å². The summed E-state index contributed by atoms with van der Waals surface area (Å²) in [5, 5.41) is 8.96. The first kappa shape index (κ1) is 16.0. The number of nitrogens with zero attached hydrogens (tertiary/aromatic N) is 1. The van der Waals surface area contributed by atoms with Crippen molar-refractivity contribution < 1.29 is 14.7 Å². The van der Waals surface area contributed by atoms with Gasteiger partial charge in [0.1, 0.15) is 0 Å². The molecule has 4 heteroatoms. The van der Waals surface area contributed by atoms with Crippen LogP contribution in [0.1, 0.15) is 58.8 Å². The van der Waals surface area contributed by atoms with Gasteiger partial charge in [-0.1, -0.05) is 33.1 Å². The summed E-state index contributed by atoms with van der Waals surface area (Å²) in [6.45, 7) is 4.70. The lowest BCUT2D eigenvalue weighted by Crippen LogP contribution is -2.38. The van der Waals surface area contributed by atoms with Crippen LogP contribution in [0.2, 0.25) is 0 Å². The molecule has 0 aromatic rings. The molecule has 1 unspecified atom stereocenters. The largest absolute Gasteiger partial charge is 0.481 e. The maximum absolute atomic E-state index is 12.3. The Labute approximate surface area is 116 Å². The highest BCUT2D eigenvalue weighted by Gasteiger charge is 2.23. The van der Waals surface area contributed by atoms with Crippen molar-refractivity contribution in [2.75, 3.05) is 13.1 Å². The Morgan fingerprint density at radius 1 is 1.26 bits per heavy atom. The zero-order valence-electron chi connectivity index (χ0n) is 12.2. The number of hydrogen-bond acceptors (Lipinski definition) is 2. The van der Waals surface area contributed by atoms with Gasteiger partial charge in [0.15, 0.2) is 0 Å². The number of amides is 1. The molecule has 4 nitrogen and oxygen atoms in total. The fourth-order valence-corrected chi connectivity index (χ4v) is 2.76. The van der Waals surface area contributed by atoms with Crippen LogP contribution in [0.25, 0.3) is 0 Å². The monoisotopic (exact) mass is 269 g/mol. The molecule has 1 fully saturated rings. The fraction of sp³-hybridized carbons (Fsp3) is 0.867. The van der Waals surface area contributed by atoms with Crippen LogP contribution in [0, 0.1) is 11.8 Å². The molecule has 1 atom stereocenters. The molecule has 0 aromatic carbocycles. The predicted octanol–water partition coefficient (Wildman–Crippen LogP) is 2.92. The average molecular weight is 269 g/mol. The summed E-state index contributed by atoms with van der Waals surface area (Å²) in [6, 6.07) is 0. The summed E-state index contributed by atoms with van der Waals surface area (Å²) < 4.78 is 0. The molecule has 0 saturated heterocycles. The number of rotatable bonds is 7. The first-order valence-electron chi connectivity index (χ1n) is 7.55. The quantitative estimate of drug-likeness (QED) is 0.773. The third-order valence-corrected chi connectivity index (χ3v) is 3.95.